The van der Waals surface area contributed by atoms with E-state index in [0.29, 0.717) is 33.5 Å². The fraction of sp³-hybridized carbons (Fsp3) is 0.188. The van der Waals surface area contributed by atoms with Crippen LogP contribution in [-0.4, -0.2) is 35.4 Å². The molecule has 2 aromatic rings. The van der Waals surface area contributed by atoms with E-state index in [9.17, 15) is 9.90 Å². The molecule has 1 atom stereocenters. The van der Waals surface area contributed by atoms with Crippen LogP contribution in [0.3, 0.4) is 0 Å². The van der Waals surface area contributed by atoms with Crippen LogP contribution < -0.4 is 15.4 Å². The second-order valence-corrected chi connectivity index (χ2v) is 5.56. The molecule has 23 heavy (non-hydrogen) atoms. The van der Waals surface area contributed by atoms with Crippen LogP contribution in [0, 0.1) is 0 Å². The standard InChI is InChI=1S/C16H15ClN2O4/c17-9-1-3-15-13(5-9)19-16(22)12-6-10(2-4-14(12)23-15)18-7-11(21)8-20/h1-6,11,18,20-21H,7-8H2,(H,19,22). The number of hydrogen-bond acceptors (Lipinski definition) is 5. The molecule has 3 rings (SSSR count). The van der Waals surface area contributed by atoms with Crippen molar-refractivity contribution in [2.75, 3.05) is 23.8 Å². The van der Waals surface area contributed by atoms with Crippen LogP contribution >= 0.6 is 11.6 Å². The first-order valence-electron chi connectivity index (χ1n) is 7.02. The molecule has 0 aliphatic carbocycles. The Balaban J connectivity index is 1.88. The van der Waals surface area contributed by atoms with Gasteiger partial charge in [-0.3, -0.25) is 4.79 Å². The molecular formula is C16H15ClN2O4. The van der Waals surface area contributed by atoms with E-state index in [4.69, 9.17) is 21.4 Å². The summed E-state index contributed by atoms with van der Waals surface area (Å²) in [6.07, 6.45) is -0.870. The lowest BCUT2D eigenvalue weighted by Gasteiger charge is -2.12. The third-order valence-electron chi connectivity index (χ3n) is 3.39. The fourth-order valence-electron chi connectivity index (χ4n) is 2.20. The molecule has 1 heterocycles. The van der Waals surface area contributed by atoms with Crippen molar-refractivity contribution in [3.05, 3.63) is 47.0 Å². The van der Waals surface area contributed by atoms with Crippen molar-refractivity contribution in [2.24, 2.45) is 0 Å². The Hall–Kier alpha value is -2.28. The van der Waals surface area contributed by atoms with E-state index < -0.39 is 6.10 Å². The van der Waals surface area contributed by atoms with Gasteiger partial charge in [0.05, 0.1) is 24.0 Å². The van der Waals surface area contributed by atoms with Crippen molar-refractivity contribution in [1.82, 2.24) is 0 Å². The number of ether oxygens (including phenoxy) is 1. The Labute approximate surface area is 137 Å². The smallest absolute Gasteiger partial charge is 0.259 e. The SMILES string of the molecule is O=C1Nc2cc(Cl)ccc2Oc2ccc(NCC(O)CO)cc21. The van der Waals surface area contributed by atoms with Gasteiger partial charge in [-0.15, -0.1) is 0 Å². The highest BCUT2D eigenvalue weighted by Crippen LogP contribution is 2.37. The van der Waals surface area contributed by atoms with Crippen LogP contribution in [-0.2, 0) is 0 Å². The first kappa shape index (κ1) is 15.6. The van der Waals surface area contributed by atoms with Gasteiger partial charge in [0.15, 0.2) is 5.75 Å². The molecule has 0 saturated heterocycles. The number of benzene rings is 2. The Morgan fingerprint density at radius 3 is 2.78 bits per heavy atom. The third-order valence-corrected chi connectivity index (χ3v) is 3.62. The van der Waals surface area contributed by atoms with Gasteiger partial charge in [-0.05, 0) is 36.4 Å². The van der Waals surface area contributed by atoms with Gasteiger partial charge in [-0.1, -0.05) is 11.6 Å². The number of carbonyl (C=O) groups is 1. The van der Waals surface area contributed by atoms with Crippen LogP contribution in [0.4, 0.5) is 11.4 Å². The molecule has 2 aromatic carbocycles. The lowest BCUT2D eigenvalue weighted by atomic mass is 10.1. The zero-order valence-electron chi connectivity index (χ0n) is 12.0. The summed E-state index contributed by atoms with van der Waals surface area (Å²) in [4.78, 5) is 12.4. The summed E-state index contributed by atoms with van der Waals surface area (Å²) in [5, 5.41) is 24.4. The predicted molar refractivity (Wildman–Crippen MR) is 87.5 cm³/mol. The minimum absolute atomic E-state index is 0.174. The topological polar surface area (TPSA) is 90.8 Å². The van der Waals surface area contributed by atoms with Gasteiger partial charge in [0, 0.05) is 17.3 Å². The van der Waals surface area contributed by atoms with Crippen LogP contribution in [0.2, 0.25) is 5.02 Å². The van der Waals surface area contributed by atoms with E-state index in [1.54, 1.807) is 36.4 Å². The summed E-state index contributed by atoms with van der Waals surface area (Å²) in [5.74, 6) is 0.627. The number of hydrogen-bond donors (Lipinski definition) is 4. The third kappa shape index (κ3) is 3.39. The Kier molecular flexibility index (Phi) is 4.38. The van der Waals surface area contributed by atoms with Crippen molar-refractivity contribution in [1.29, 1.82) is 0 Å². The zero-order valence-corrected chi connectivity index (χ0v) is 12.8. The van der Waals surface area contributed by atoms with Crippen molar-refractivity contribution in [3.63, 3.8) is 0 Å². The molecule has 1 amide bonds. The van der Waals surface area contributed by atoms with E-state index in [1.165, 1.54) is 0 Å². The molecule has 1 aliphatic heterocycles. The molecule has 120 valence electrons. The summed E-state index contributed by atoms with van der Waals surface area (Å²) in [6, 6.07) is 10.0. The minimum Gasteiger partial charge on any atom is -0.454 e. The lowest BCUT2D eigenvalue weighted by Crippen LogP contribution is -2.23. The molecule has 6 nitrogen and oxygen atoms in total. The normalized spacial score (nSPS) is 14.0. The number of amides is 1. The van der Waals surface area contributed by atoms with Crippen molar-refractivity contribution in [3.8, 4) is 11.5 Å². The predicted octanol–water partition coefficient (Wildman–Crippen LogP) is 2.46. The number of carbonyl (C=O) groups excluding carboxylic acids is 1. The summed E-state index contributed by atoms with van der Waals surface area (Å²) in [7, 11) is 0. The number of rotatable bonds is 4. The lowest BCUT2D eigenvalue weighted by molar-refractivity contribution is 0.102. The van der Waals surface area contributed by atoms with Crippen LogP contribution in [0.15, 0.2) is 36.4 Å². The maximum absolute atomic E-state index is 12.4. The summed E-state index contributed by atoms with van der Waals surface area (Å²) in [6.45, 7) is -0.162. The number of nitrogens with one attached hydrogen (secondary N) is 2. The van der Waals surface area contributed by atoms with Crippen molar-refractivity contribution < 1.29 is 19.7 Å². The fourth-order valence-corrected chi connectivity index (χ4v) is 2.38. The van der Waals surface area contributed by atoms with E-state index in [2.05, 4.69) is 10.6 Å². The molecular weight excluding hydrogens is 320 g/mol. The van der Waals surface area contributed by atoms with Gasteiger partial charge >= 0.3 is 0 Å². The van der Waals surface area contributed by atoms with Gasteiger partial charge in [0.2, 0.25) is 0 Å². The van der Waals surface area contributed by atoms with Gasteiger partial charge in [-0.2, -0.15) is 0 Å². The highest BCUT2D eigenvalue weighted by Gasteiger charge is 2.21. The molecule has 1 aliphatic rings. The highest BCUT2D eigenvalue weighted by molar-refractivity contribution is 6.31. The van der Waals surface area contributed by atoms with E-state index in [-0.39, 0.29) is 19.1 Å². The molecule has 0 radical (unpaired) electrons. The molecule has 0 aromatic heterocycles. The summed E-state index contributed by atoms with van der Waals surface area (Å²) in [5.41, 5.74) is 1.50. The van der Waals surface area contributed by atoms with Crippen LogP contribution in [0.1, 0.15) is 10.4 Å². The van der Waals surface area contributed by atoms with Crippen molar-refractivity contribution >= 4 is 28.9 Å². The van der Waals surface area contributed by atoms with E-state index >= 15 is 0 Å². The van der Waals surface area contributed by atoms with Crippen LogP contribution in [0.5, 0.6) is 11.5 Å². The summed E-state index contributed by atoms with van der Waals surface area (Å²) < 4.78 is 5.77. The first-order valence-corrected chi connectivity index (χ1v) is 7.40. The Bertz CT molecular complexity index is 751. The quantitative estimate of drug-likeness (QED) is 0.689. The molecule has 0 fully saturated rings. The minimum atomic E-state index is -0.870. The molecule has 1 unspecified atom stereocenters. The van der Waals surface area contributed by atoms with E-state index in [1.807, 2.05) is 0 Å². The maximum atomic E-state index is 12.4. The Morgan fingerprint density at radius 1 is 1.22 bits per heavy atom. The van der Waals surface area contributed by atoms with Crippen LogP contribution in [0.25, 0.3) is 0 Å². The van der Waals surface area contributed by atoms with Gasteiger partial charge in [0.25, 0.3) is 5.91 Å². The summed E-state index contributed by atoms with van der Waals surface area (Å²) >= 11 is 5.94. The Morgan fingerprint density at radius 2 is 2.00 bits per heavy atom. The van der Waals surface area contributed by atoms with Crippen molar-refractivity contribution in [2.45, 2.75) is 6.10 Å². The molecule has 4 N–H and O–H groups in total. The second-order valence-electron chi connectivity index (χ2n) is 5.12. The maximum Gasteiger partial charge on any atom is 0.259 e. The number of aliphatic hydroxyl groups is 2. The first-order chi connectivity index (χ1) is 11.1. The molecule has 0 spiro atoms. The largest absolute Gasteiger partial charge is 0.454 e. The van der Waals surface area contributed by atoms with Gasteiger partial charge in [0.1, 0.15) is 5.75 Å². The highest BCUT2D eigenvalue weighted by atomic mass is 35.5. The number of halogens is 1. The van der Waals surface area contributed by atoms with Gasteiger partial charge in [-0.25, -0.2) is 0 Å². The number of fused-ring (bicyclic) bond motifs is 2. The van der Waals surface area contributed by atoms with E-state index in [0.717, 1.165) is 0 Å². The monoisotopic (exact) mass is 334 g/mol. The second kappa shape index (κ2) is 6.45. The zero-order chi connectivity index (χ0) is 16.4. The average Bonchev–Trinajstić information content (AvgIpc) is 2.68. The van der Waals surface area contributed by atoms with Gasteiger partial charge < -0.3 is 25.6 Å². The molecule has 0 saturated carbocycles. The molecule has 7 heteroatoms. The number of anilines is 2. The molecule has 0 bridgehead atoms. The average molecular weight is 335 g/mol. The number of aliphatic hydroxyl groups excluding tert-OH is 2.